The number of rotatable bonds is 4. The van der Waals surface area contributed by atoms with Crippen molar-refractivity contribution in [3.05, 3.63) is 54.0 Å². The third kappa shape index (κ3) is 4.22. The molecule has 0 saturated carbocycles. The van der Waals surface area contributed by atoms with Gasteiger partial charge in [-0.2, -0.15) is 0 Å². The predicted molar refractivity (Wildman–Crippen MR) is 96.1 cm³/mol. The van der Waals surface area contributed by atoms with Crippen LogP contribution in [-0.4, -0.2) is 17.4 Å². The number of hydrogen-bond acceptors (Lipinski definition) is 4. The Bertz CT molecular complexity index is 1050. The number of carbonyl (C=O) groups is 1. The monoisotopic (exact) mass is 394 g/mol. The third-order valence-electron chi connectivity index (χ3n) is 3.79. The Hall–Kier alpha value is -3.56. The number of primary amides is 1. The van der Waals surface area contributed by atoms with E-state index in [2.05, 4.69) is 20.4 Å². The number of aryl methyl sites for hydroxylation is 1. The van der Waals surface area contributed by atoms with E-state index in [0.717, 1.165) is 12.3 Å². The summed E-state index contributed by atoms with van der Waals surface area (Å²) in [5, 5.41) is 5.59. The van der Waals surface area contributed by atoms with Crippen molar-refractivity contribution in [3.63, 3.8) is 0 Å². The van der Waals surface area contributed by atoms with Crippen LogP contribution in [0.25, 0.3) is 10.9 Å². The third-order valence-corrected chi connectivity index (χ3v) is 3.79. The van der Waals surface area contributed by atoms with E-state index in [1.807, 2.05) is 0 Å². The van der Waals surface area contributed by atoms with Gasteiger partial charge in [0.25, 0.3) is 0 Å². The van der Waals surface area contributed by atoms with Crippen LogP contribution >= 0.6 is 0 Å². The number of nitrogens with zero attached hydrogens (tertiary/aromatic N) is 1. The Kier molecular flexibility index (Phi) is 4.95. The number of aromatic nitrogens is 1. The summed E-state index contributed by atoms with van der Waals surface area (Å²) in [7, 11) is 0. The van der Waals surface area contributed by atoms with Crippen LogP contribution in [-0.2, 0) is 0 Å². The first kappa shape index (κ1) is 19.2. The lowest BCUT2D eigenvalue weighted by Crippen LogP contribution is -2.20. The molecular formula is C18H14F4N4O2. The molecule has 28 heavy (non-hydrogen) atoms. The molecule has 0 radical (unpaired) electrons. The number of nitrogens with two attached hydrogens (primary N) is 1. The van der Waals surface area contributed by atoms with Crippen molar-refractivity contribution in [2.45, 2.75) is 13.3 Å². The van der Waals surface area contributed by atoms with Gasteiger partial charge in [0.05, 0.1) is 17.6 Å². The molecule has 0 aliphatic carbocycles. The van der Waals surface area contributed by atoms with E-state index in [9.17, 15) is 22.4 Å². The van der Waals surface area contributed by atoms with Gasteiger partial charge in [0.15, 0.2) is 5.75 Å². The highest BCUT2D eigenvalue weighted by molar-refractivity contribution is 6.05. The Morgan fingerprint density at radius 2 is 1.93 bits per heavy atom. The maximum Gasteiger partial charge on any atom is 0.573 e. The van der Waals surface area contributed by atoms with E-state index in [-0.39, 0.29) is 22.3 Å². The topological polar surface area (TPSA) is 89.3 Å². The van der Waals surface area contributed by atoms with Crippen molar-refractivity contribution < 1.29 is 27.1 Å². The van der Waals surface area contributed by atoms with Crippen LogP contribution in [0, 0.1) is 12.7 Å². The van der Waals surface area contributed by atoms with Gasteiger partial charge in [-0.15, -0.1) is 13.2 Å². The fourth-order valence-electron chi connectivity index (χ4n) is 2.67. The van der Waals surface area contributed by atoms with Gasteiger partial charge in [-0.3, -0.25) is 4.98 Å². The molecule has 3 rings (SSSR count). The second kappa shape index (κ2) is 7.22. The SMILES string of the molecule is Cc1cc(F)ccc1Nc1c(NC(N)=O)cnc2c(OC(F)(F)F)cccc12. The summed E-state index contributed by atoms with van der Waals surface area (Å²) in [5.74, 6) is -0.950. The molecule has 0 bridgehead atoms. The van der Waals surface area contributed by atoms with Gasteiger partial charge in [-0.25, -0.2) is 9.18 Å². The van der Waals surface area contributed by atoms with Crippen LogP contribution in [0.15, 0.2) is 42.6 Å². The van der Waals surface area contributed by atoms with E-state index >= 15 is 0 Å². The Labute approximate surface area is 156 Å². The number of pyridine rings is 1. The van der Waals surface area contributed by atoms with Gasteiger partial charge in [0.1, 0.15) is 11.3 Å². The second-order valence-electron chi connectivity index (χ2n) is 5.82. The summed E-state index contributed by atoms with van der Waals surface area (Å²) in [6.07, 6.45) is -3.75. The molecule has 1 heterocycles. The van der Waals surface area contributed by atoms with Crippen molar-refractivity contribution in [1.29, 1.82) is 0 Å². The number of nitrogens with one attached hydrogen (secondary N) is 2. The van der Waals surface area contributed by atoms with Gasteiger partial charge in [-0.05, 0) is 36.8 Å². The molecule has 0 unspecified atom stereocenters. The van der Waals surface area contributed by atoms with E-state index in [0.29, 0.717) is 11.3 Å². The smallest absolute Gasteiger partial charge is 0.403 e. The zero-order valence-corrected chi connectivity index (χ0v) is 14.4. The molecule has 3 aromatic rings. The molecule has 10 heteroatoms. The van der Waals surface area contributed by atoms with Crippen molar-refractivity contribution in [3.8, 4) is 5.75 Å². The van der Waals surface area contributed by atoms with Crippen LogP contribution in [0.5, 0.6) is 5.75 Å². The largest absolute Gasteiger partial charge is 0.573 e. The number of fused-ring (bicyclic) bond motifs is 1. The zero-order valence-electron chi connectivity index (χ0n) is 14.4. The molecule has 1 aromatic heterocycles. The van der Waals surface area contributed by atoms with E-state index in [1.165, 1.54) is 30.3 Å². The van der Waals surface area contributed by atoms with Crippen molar-refractivity contribution in [2.24, 2.45) is 5.73 Å². The summed E-state index contributed by atoms with van der Waals surface area (Å²) in [6, 6.07) is 7.05. The van der Waals surface area contributed by atoms with Crippen molar-refractivity contribution in [1.82, 2.24) is 4.98 Å². The minimum absolute atomic E-state index is 0.0860. The molecular weight excluding hydrogens is 380 g/mol. The minimum atomic E-state index is -4.90. The van der Waals surface area contributed by atoms with Crippen LogP contribution in [0.3, 0.4) is 0 Å². The normalized spacial score (nSPS) is 11.3. The van der Waals surface area contributed by atoms with Crippen molar-refractivity contribution >= 4 is 34.0 Å². The molecule has 0 aliphatic rings. The molecule has 0 saturated heterocycles. The van der Waals surface area contributed by atoms with Gasteiger partial charge in [0, 0.05) is 11.1 Å². The number of carbonyl (C=O) groups excluding carboxylic acids is 1. The summed E-state index contributed by atoms with van der Waals surface area (Å²) < 4.78 is 55.4. The lowest BCUT2D eigenvalue weighted by molar-refractivity contribution is -0.274. The summed E-state index contributed by atoms with van der Waals surface area (Å²) in [4.78, 5) is 15.3. The number of urea groups is 1. The summed E-state index contributed by atoms with van der Waals surface area (Å²) >= 11 is 0. The molecule has 0 atom stereocenters. The molecule has 0 spiro atoms. The lowest BCUT2D eigenvalue weighted by atomic mass is 10.1. The maximum atomic E-state index is 13.4. The number of para-hydroxylation sites is 1. The molecule has 146 valence electrons. The fourth-order valence-corrected chi connectivity index (χ4v) is 2.67. The Morgan fingerprint density at radius 1 is 1.18 bits per heavy atom. The number of amides is 2. The fraction of sp³-hybridized carbons (Fsp3) is 0.111. The highest BCUT2D eigenvalue weighted by Crippen LogP contribution is 2.38. The second-order valence-corrected chi connectivity index (χ2v) is 5.82. The average Bonchev–Trinajstić information content (AvgIpc) is 2.57. The van der Waals surface area contributed by atoms with E-state index < -0.39 is 24.0 Å². The van der Waals surface area contributed by atoms with E-state index in [4.69, 9.17) is 5.73 Å². The number of ether oxygens (including phenoxy) is 1. The quantitative estimate of drug-likeness (QED) is 0.554. The number of alkyl halides is 3. The molecule has 2 aromatic carbocycles. The standard InChI is InChI=1S/C18H14F4N4O2/c1-9-7-10(19)5-6-12(9)25-15-11-3-2-4-14(28-18(20,21)22)16(11)24-8-13(15)26-17(23)27/h2-8H,1H3,(H,24,25)(H3,23,26,27). The Balaban J connectivity index is 2.18. The summed E-state index contributed by atoms with van der Waals surface area (Å²) in [5.41, 5.74) is 6.45. The first-order chi connectivity index (χ1) is 13.1. The molecule has 4 N–H and O–H groups in total. The molecule has 0 fully saturated rings. The number of anilines is 3. The first-order valence-electron chi connectivity index (χ1n) is 7.91. The van der Waals surface area contributed by atoms with Crippen molar-refractivity contribution in [2.75, 3.05) is 10.6 Å². The van der Waals surface area contributed by atoms with Gasteiger partial charge < -0.3 is 21.1 Å². The lowest BCUT2D eigenvalue weighted by Gasteiger charge is -2.18. The molecule has 6 nitrogen and oxygen atoms in total. The van der Waals surface area contributed by atoms with Crippen LogP contribution in [0.1, 0.15) is 5.56 Å². The van der Waals surface area contributed by atoms with Crippen LogP contribution in [0.4, 0.5) is 39.4 Å². The Morgan fingerprint density at radius 3 is 2.57 bits per heavy atom. The van der Waals surface area contributed by atoms with Crippen LogP contribution in [0.2, 0.25) is 0 Å². The highest BCUT2D eigenvalue weighted by atomic mass is 19.4. The van der Waals surface area contributed by atoms with Crippen LogP contribution < -0.4 is 21.1 Å². The predicted octanol–water partition coefficient (Wildman–Crippen LogP) is 4.82. The van der Waals surface area contributed by atoms with Gasteiger partial charge in [0.2, 0.25) is 0 Å². The molecule has 2 amide bonds. The molecule has 0 aliphatic heterocycles. The highest BCUT2D eigenvalue weighted by Gasteiger charge is 2.32. The maximum absolute atomic E-state index is 13.4. The number of hydrogen-bond donors (Lipinski definition) is 3. The first-order valence-corrected chi connectivity index (χ1v) is 7.91. The van der Waals surface area contributed by atoms with Gasteiger partial charge in [-0.1, -0.05) is 12.1 Å². The average molecular weight is 394 g/mol. The van der Waals surface area contributed by atoms with Gasteiger partial charge >= 0.3 is 12.4 Å². The number of benzene rings is 2. The zero-order chi connectivity index (χ0) is 20.5. The summed E-state index contributed by atoms with van der Waals surface area (Å²) in [6.45, 7) is 1.65. The van der Waals surface area contributed by atoms with E-state index in [1.54, 1.807) is 6.92 Å². The minimum Gasteiger partial charge on any atom is -0.403 e. The number of halogens is 4.